The molecule has 0 atom stereocenters. The molecule has 0 amide bonds. The third-order valence-corrected chi connectivity index (χ3v) is 1.53. The summed E-state index contributed by atoms with van der Waals surface area (Å²) < 4.78 is 263. The van der Waals surface area contributed by atoms with Crippen LogP contribution < -0.4 is 0 Å². The van der Waals surface area contributed by atoms with Crippen LogP contribution in [0, 0.1) is 0 Å². The van der Waals surface area contributed by atoms with Crippen LogP contribution in [0.3, 0.4) is 0 Å². The van der Waals surface area contributed by atoms with Gasteiger partial charge in [0.1, 0.15) is 0 Å². The fourth-order valence-electron chi connectivity index (χ4n) is 0.734. The second kappa shape index (κ2) is 13.9. The molecule has 0 unspecified atom stereocenters. The van der Waals surface area contributed by atoms with Crippen LogP contribution in [0.2, 0.25) is 0 Å². The SMILES string of the molecule is [2H]C([2H])(CCCC)C([2H])([2H])C([2H])([2H])C([2H])([2H])C([2H])([2H])C([2H])([2H])C([2H])([2H])C([2H])([2H])C([2H])([2H])C([2H])([2H])C([2H])([2H])C([2H])([2H])[N+](C([2H])([2H])[2H])(C([2H])([2H])[2H])C([2H])([2H])[2H]. The molecule has 0 saturated carbocycles. The number of rotatable bonds is 15. The van der Waals surface area contributed by atoms with Gasteiger partial charge in [0.2, 0.25) is 0 Å². The fraction of sp³-hybridized carbons (Fsp3) is 1.00. The minimum atomic E-state index is -5.21. The number of nitrogens with zero attached hydrogens (tertiary/aromatic N) is 1. The Morgan fingerprint density at radius 3 is 1.55 bits per heavy atom. The lowest BCUT2D eigenvalue weighted by atomic mass is 10.0. The number of unbranched alkanes of at least 4 members (excludes halogenated alkanes) is 1. The second-order valence-corrected chi connectivity index (χ2v) is 3.31. The lowest BCUT2D eigenvalue weighted by Crippen LogP contribution is -2.35. The van der Waals surface area contributed by atoms with E-state index in [9.17, 15) is 0 Å². The van der Waals surface area contributed by atoms with Crippen LogP contribution in [0.25, 0.3) is 0 Å². The van der Waals surface area contributed by atoms with Crippen molar-refractivity contribution in [3.63, 3.8) is 0 Å². The highest BCUT2D eigenvalue weighted by Gasteiger charge is 2.04. The van der Waals surface area contributed by atoms with Gasteiger partial charge >= 0.3 is 0 Å². The summed E-state index contributed by atoms with van der Waals surface area (Å²) in [5.74, 6) is 0. The summed E-state index contributed by atoms with van der Waals surface area (Å²) in [4.78, 5) is 0. The summed E-state index contributed by atoms with van der Waals surface area (Å²) in [6.45, 7) is -17.7. The predicted molar refractivity (Wildman–Crippen MR) is 93.2 cm³/mol. The summed E-state index contributed by atoms with van der Waals surface area (Å²) in [5, 5.41) is 0. The average molecular weight is 318 g/mol. The van der Waals surface area contributed by atoms with E-state index in [1.54, 1.807) is 0 Å². The van der Waals surface area contributed by atoms with E-state index in [4.69, 9.17) is 45.2 Å². The maximum Gasteiger partial charge on any atom is 0.0924 e. The maximum atomic E-state index is 8.29. The van der Waals surface area contributed by atoms with Crippen molar-refractivity contribution in [3.8, 4) is 0 Å². The van der Waals surface area contributed by atoms with Gasteiger partial charge < -0.3 is 4.48 Å². The lowest BCUT2D eigenvalue weighted by Gasteiger charge is -2.23. The topological polar surface area (TPSA) is 0 Å². The second-order valence-electron chi connectivity index (χ2n) is 3.31. The Bertz CT molecular complexity index is 1250. The molecule has 0 saturated heterocycles. The molecular formula is C19H42N+. The molecule has 122 valence electrons. The van der Waals surface area contributed by atoms with E-state index in [-0.39, 0.29) is 12.8 Å². The molecule has 0 aromatic carbocycles. The van der Waals surface area contributed by atoms with Crippen molar-refractivity contribution >= 4 is 0 Å². The van der Waals surface area contributed by atoms with E-state index in [0.29, 0.717) is 0 Å². The van der Waals surface area contributed by atoms with Crippen molar-refractivity contribution in [2.75, 3.05) is 27.4 Å². The van der Waals surface area contributed by atoms with E-state index in [2.05, 4.69) is 0 Å². The largest absolute Gasteiger partial charge is 0.331 e. The van der Waals surface area contributed by atoms with Gasteiger partial charge in [0.25, 0.3) is 0 Å². The standard InChI is InChI=1S/C19H42N/c1-5-6-7-8-9-10-11-12-13-14-15-16-17-18-19-20(2,3)4/h5-19H2,1-4H3/q+1/i2D3,3D3,4D3,8D2,9D2,10D2,11D2,12D2,13D2,14D2,15D2,16D2,17D2,18D2,19D2. The summed E-state index contributed by atoms with van der Waals surface area (Å²) >= 11 is 0. The fourth-order valence-corrected chi connectivity index (χ4v) is 0.734. The molecule has 0 aliphatic rings. The Hall–Kier alpha value is -0.0400. The normalized spacial score (nSPS) is 47.0. The first-order chi connectivity index (χ1) is 22.3. The molecule has 0 aliphatic carbocycles. The van der Waals surface area contributed by atoms with Crippen LogP contribution in [0.15, 0.2) is 0 Å². The Kier molecular flexibility index (Phi) is 1.85. The van der Waals surface area contributed by atoms with Crippen molar-refractivity contribution in [1.29, 1.82) is 0 Å². The molecule has 1 heteroatoms. The van der Waals surface area contributed by atoms with Gasteiger partial charge in [-0.05, 0) is 12.7 Å². The van der Waals surface area contributed by atoms with Crippen molar-refractivity contribution < 1.29 is 49.7 Å². The Labute approximate surface area is 176 Å². The highest BCUT2D eigenvalue weighted by molar-refractivity contribution is 4.49. The molecule has 0 aromatic heterocycles. The Morgan fingerprint density at radius 1 is 0.650 bits per heavy atom. The molecular weight excluding hydrogens is 242 g/mol. The molecule has 0 heterocycles. The summed E-state index contributed by atoms with van der Waals surface area (Å²) in [6, 6.07) is 0. The Balaban J connectivity index is 7.96. The van der Waals surface area contributed by atoms with E-state index in [1.807, 2.05) is 0 Å². The van der Waals surface area contributed by atoms with E-state index < -0.39 is 108 Å². The van der Waals surface area contributed by atoms with Crippen LogP contribution >= 0.6 is 0 Å². The molecule has 0 aromatic rings. The quantitative estimate of drug-likeness (QED) is 0.317. The van der Waals surface area contributed by atoms with Crippen LogP contribution in [0.5, 0.6) is 0 Å². The van der Waals surface area contributed by atoms with Gasteiger partial charge in [-0.15, -0.1) is 0 Å². The Morgan fingerprint density at radius 2 is 1.10 bits per heavy atom. The molecule has 0 radical (unpaired) electrons. The van der Waals surface area contributed by atoms with Crippen molar-refractivity contribution in [1.82, 2.24) is 0 Å². The average Bonchev–Trinajstić information content (AvgIpc) is 2.87. The van der Waals surface area contributed by atoms with Gasteiger partial charge in [-0.2, -0.15) is 0 Å². The minimum absolute atomic E-state index is 0.115. The molecule has 1 nitrogen and oxygen atoms in total. The minimum Gasteiger partial charge on any atom is -0.331 e. The zero-order valence-electron chi connectivity index (χ0n) is 44.1. The number of hydrogen-bond donors (Lipinski definition) is 0. The molecule has 0 N–H and O–H groups in total. The van der Waals surface area contributed by atoms with E-state index in [0.717, 1.165) is 0 Å². The summed E-state index contributed by atoms with van der Waals surface area (Å²) in [6.07, 6.45) is -53.1. The molecule has 0 spiro atoms. The lowest BCUT2D eigenvalue weighted by molar-refractivity contribution is -0.870. The van der Waals surface area contributed by atoms with Crippen molar-refractivity contribution in [2.45, 2.75) is 96.3 Å². The smallest absolute Gasteiger partial charge is 0.0924 e. The van der Waals surface area contributed by atoms with Crippen LogP contribution in [0.4, 0.5) is 0 Å². The zero-order valence-corrected chi connectivity index (χ0v) is 11.1. The van der Waals surface area contributed by atoms with Crippen LogP contribution in [0.1, 0.15) is 142 Å². The molecule has 0 aliphatic heterocycles. The van der Waals surface area contributed by atoms with Crippen LogP contribution in [-0.2, 0) is 0 Å². The maximum absolute atomic E-state index is 8.29. The van der Waals surface area contributed by atoms with Gasteiger partial charge in [-0.3, -0.25) is 0 Å². The monoisotopic (exact) mass is 318 g/mol. The first-order valence-electron chi connectivity index (χ1n) is 22.2. The first-order valence-corrected chi connectivity index (χ1v) is 5.71. The molecule has 20 heavy (non-hydrogen) atoms. The first kappa shape index (κ1) is 2.66. The van der Waals surface area contributed by atoms with Gasteiger partial charge in [0, 0.05) is 30.2 Å². The van der Waals surface area contributed by atoms with Gasteiger partial charge in [0.15, 0.2) is 0 Å². The summed E-state index contributed by atoms with van der Waals surface area (Å²) in [5.41, 5.74) is 0. The van der Waals surface area contributed by atoms with Crippen LogP contribution in [-0.4, -0.2) is 31.9 Å². The molecule has 0 fully saturated rings. The highest BCUT2D eigenvalue weighted by Crippen LogP contribution is 2.13. The third-order valence-electron chi connectivity index (χ3n) is 1.53. The predicted octanol–water partition coefficient (Wildman–Crippen LogP) is 6.17. The van der Waals surface area contributed by atoms with Gasteiger partial charge in [0.05, 0.1) is 42.5 Å². The van der Waals surface area contributed by atoms with Gasteiger partial charge in [-0.25, -0.2) is 0 Å². The highest BCUT2D eigenvalue weighted by atomic mass is 15.3. The van der Waals surface area contributed by atoms with Crippen molar-refractivity contribution in [2.24, 2.45) is 0 Å². The zero-order chi connectivity index (χ0) is 44.1. The molecule has 0 bridgehead atoms. The van der Waals surface area contributed by atoms with Crippen molar-refractivity contribution in [3.05, 3.63) is 0 Å². The molecule has 0 rings (SSSR count). The number of quaternary nitrogens is 1. The van der Waals surface area contributed by atoms with Gasteiger partial charge in [-0.1, -0.05) is 83.5 Å². The third kappa shape index (κ3) is 18.0. The summed E-state index contributed by atoms with van der Waals surface area (Å²) in [7, 11) is 0. The van der Waals surface area contributed by atoms with E-state index in [1.165, 1.54) is 6.92 Å². The number of hydrogen-bond acceptors (Lipinski definition) is 0. The van der Waals surface area contributed by atoms with E-state index >= 15 is 0 Å².